The van der Waals surface area contributed by atoms with Crippen LogP contribution in [0.5, 0.6) is 11.5 Å². The van der Waals surface area contributed by atoms with Crippen LogP contribution < -0.4 is 14.8 Å². The lowest BCUT2D eigenvalue weighted by Gasteiger charge is -2.15. The predicted octanol–water partition coefficient (Wildman–Crippen LogP) is 6.43. The molecule has 0 saturated heterocycles. The SMILES string of the molecule is COc1cc(CNCCCc2nc3ccccc3[nH]2)cc(Br)c1OCc1c(F)cccc1Cl. The maximum Gasteiger partial charge on any atom is 0.175 e. The average molecular weight is 533 g/mol. The van der Waals surface area contributed by atoms with Crippen molar-refractivity contribution in [3.63, 3.8) is 0 Å². The van der Waals surface area contributed by atoms with Gasteiger partial charge in [0.15, 0.2) is 11.5 Å². The molecule has 0 aliphatic heterocycles. The highest BCUT2D eigenvalue weighted by Gasteiger charge is 2.14. The molecule has 3 aromatic carbocycles. The van der Waals surface area contributed by atoms with Gasteiger partial charge in [-0.05, 0) is 70.9 Å². The molecule has 0 fully saturated rings. The van der Waals surface area contributed by atoms with Gasteiger partial charge in [0.25, 0.3) is 0 Å². The lowest BCUT2D eigenvalue weighted by Crippen LogP contribution is -2.15. The number of methoxy groups -OCH3 is 1. The summed E-state index contributed by atoms with van der Waals surface area (Å²) < 4.78 is 26.1. The first-order valence-corrected chi connectivity index (χ1v) is 11.8. The molecule has 0 bridgehead atoms. The lowest BCUT2D eigenvalue weighted by molar-refractivity contribution is 0.277. The number of nitrogens with one attached hydrogen (secondary N) is 2. The molecule has 0 aliphatic carbocycles. The maximum absolute atomic E-state index is 14.0. The van der Waals surface area contributed by atoms with E-state index in [-0.39, 0.29) is 6.61 Å². The fourth-order valence-electron chi connectivity index (χ4n) is 3.57. The summed E-state index contributed by atoms with van der Waals surface area (Å²) in [6.07, 6.45) is 1.84. The minimum absolute atomic E-state index is 0.000145. The highest BCUT2D eigenvalue weighted by molar-refractivity contribution is 9.10. The van der Waals surface area contributed by atoms with Crippen LogP contribution in [0.2, 0.25) is 5.02 Å². The van der Waals surface area contributed by atoms with Crippen molar-refractivity contribution in [1.29, 1.82) is 0 Å². The molecule has 1 heterocycles. The minimum Gasteiger partial charge on any atom is -0.493 e. The molecule has 1 aromatic heterocycles. The number of hydrogen-bond donors (Lipinski definition) is 2. The number of ether oxygens (including phenoxy) is 2. The summed E-state index contributed by atoms with van der Waals surface area (Å²) in [5.74, 6) is 1.67. The second kappa shape index (κ2) is 11.0. The Morgan fingerprint density at radius 3 is 2.79 bits per heavy atom. The van der Waals surface area contributed by atoms with Crippen molar-refractivity contribution < 1.29 is 13.9 Å². The van der Waals surface area contributed by atoms with Gasteiger partial charge in [0, 0.05) is 18.5 Å². The number of imidazole rings is 1. The van der Waals surface area contributed by atoms with E-state index in [0.29, 0.717) is 28.6 Å². The lowest BCUT2D eigenvalue weighted by atomic mass is 10.2. The van der Waals surface area contributed by atoms with Gasteiger partial charge in [0.1, 0.15) is 18.2 Å². The molecule has 8 heteroatoms. The van der Waals surface area contributed by atoms with Crippen molar-refractivity contribution in [3.8, 4) is 11.5 Å². The van der Waals surface area contributed by atoms with Crippen molar-refractivity contribution in [2.24, 2.45) is 0 Å². The van der Waals surface area contributed by atoms with Crippen LogP contribution in [0.1, 0.15) is 23.4 Å². The van der Waals surface area contributed by atoms with Crippen molar-refractivity contribution in [2.75, 3.05) is 13.7 Å². The summed E-state index contributed by atoms with van der Waals surface area (Å²) in [5, 5.41) is 3.78. The normalized spacial score (nSPS) is 11.2. The standard InChI is InChI=1S/C25H24BrClFN3O2/c1-32-23-13-16(12-18(26)25(23)33-15-17-19(27)6-4-7-20(17)28)14-29-11-5-10-24-30-21-8-2-3-9-22(21)31-24/h2-4,6-9,12-13,29H,5,10-11,14-15H2,1H3,(H,30,31). The van der Waals surface area contributed by atoms with Crippen molar-refractivity contribution in [1.82, 2.24) is 15.3 Å². The van der Waals surface area contributed by atoms with E-state index in [9.17, 15) is 4.39 Å². The molecule has 4 aromatic rings. The van der Waals surface area contributed by atoms with Gasteiger partial charge in [0.05, 0.1) is 27.6 Å². The van der Waals surface area contributed by atoms with E-state index < -0.39 is 5.82 Å². The summed E-state index contributed by atoms with van der Waals surface area (Å²) in [4.78, 5) is 7.97. The van der Waals surface area contributed by atoms with Gasteiger partial charge >= 0.3 is 0 Å². The zero-order valence-corrected chi connectivity index (χ0v) is 20.5. The molecular weight excluding hydrogens is 509 g/mol. The maximum atomic E-state index is 14.0. The molecule has 172 valence electrons. The summed E-state index contributed by atoms with van der Waals surface area (Å²) in [6.45, 7) is 1.52. The van der Waals surface area contributed by atoms with E-state index in [1.54, 1.807) is 19.2 Å². The van der Waals surface area contributed by atoms with Gasteiger partial charge in [-0.25, -0.2) is 9.37 Å². The Kier molecular flexibility index (Phi) is 7.85. The summed E-state index contributed by atoms with van der Waals surface area (Å²) in [5.41, 5.74) is 3.41. The Bertz CT molecular complexity index is 1190. The van der Waals surface area contributed by atoms with Gasteiger partial charge in [0.2, 0.25) is 0 Å². The van der Waals surface area contributed by atoms with E-state index >= 15 is 0 Å². The zero-order valence-electron chi connectivity index (χ0n) is 18.1. The molecule has 0 spiro atoms. The third kappa shape index (κ3) is 5.85. The Morgan fingerprint density at radius 1 is 1.15 bits per heavy atom. The molecule has 0 amide bonds. The third-order valence-corrected chi connectivity index (χ3v) is 6.19. The molecule has 0 atom stereocenters. The average Bonchev–Trinajstić information content (AvgIpc) is 3.22. The fourth-order valence-corrected chi connectivity index (χ4v) is 4.39. The van der Waals surface area contributed by atoms with E-state index in [4.69, 9.17) is 21.1 Å². The first kappa shape index (κ1) is 23.5. The molecule has 0 saturated carbocycles. The number of rotatable bonds is 10. The number of benzene rings is 3. The first-order valence-electron chi connectivity index (χ1n) is 10.6. The Balaban J connectivity index is 1.31. The van der Waals surface area contributed by atoms with Crippen molar-refractivity contribution in [2.45, 2.75) is 26.0 Å². The third-order valence-electron chi connectivity index (χ3n) is 5.25. The molecule has 2 N–H and O–H groups in total. The molecule has 0 unspecified atom stereocenters. The van der Waals surface area contributed by atoms with Crippen molar-refractivity contribution in [3.05, 3.63) is 86.9 Å². The molecule has 33 heavy (non-hydrogen) atoms. The van der Waals surface area contributed by atoms with E-state index in [0.717, 1.165) is 46.3 Å². The second-order valence-electron chi connectivity index (χ2n) is 7.58. The summed E-state index contributed by atoms with van der Waals surface area (Å²) in [6, 6.07) is 16.5. The van der Waals surface area contributed by atoms with E-state index in [1.165, 1.54) is 6.07 Å². The van der Waals surface area contributed by atoms with Gasteiger partial charge in [-0.15, -0.1) is 0 Å². The van der Waals surface area contributed by atoms with E-state index in [1.807, 2.05) is 36.4 Å². The number of aromatic nitrogens is 2. The number of hydrogen-bond acceptors (Lipinski definition) is 4. The van der Waals surface area contributed by atoms with Gasteiger partial charge in [-0.2, -0.15) is 0 Å². The smallest absolute Gasteiger partial charge is 0.175 e. The number of aromatic amines is 1. The van der Waals surface area contributed by atoms with Crippen LogP contribution in [0, 0.1) is 5.82 Å². The van der Waals surface area contributed by atoms with Crippen LogP contribution in [0.25, 0.3) is 11.0 Å². The van der Waals surface area contributed by atoms with Gasteiger partial charge in [-0.1, -0.05) is 29.8 Å². The molecule has 4 rings (SSSR count). The van der Waals surface area contributed by atoms with Gasteiger partial charge < -0.3 is 19.8 Å². The fraction of sp³-hybridized carbons (Fsp3) is 0.240. The Labute approximate surface area is 205 Å². The van der Waals surface area contributed by atoms with Crippen LogP contribution in [0.4, 0.5) is 4.39 Å². The zero-order chi connectivity index (χ0) is 23.2. The summed E-state index contributed by atoms with van der Waals surface area (Å²) in [7, 11) is 1.58. The molecular formula is C25H24BrClFN3O2. The quantitative estimate of drug-likeness (QED) is 0.231. The monoisotopic (exact) mass is 531 g/mol. The largest absolute Gasteiger partial charge is 0.493 e. The highest BCUT2D eigenvalue weighted by atomic mass is 79.9. The molecule has 5 nitrogen and oxygen atoms in total. The van der Waals surface area contributed by atoms with E-state index in [2.05, 4.69) is 31.2 Å². The Hall–Kier alpha value is -2.61. The number of fused-ring (bicyclic) bond motifs is 1. The van der Waals surface area contributed by atoms with Gasteiger partial charge in [-0.3, -0.25) is 0 Å². The number of para-hydroxylation sites is 2. The van der Waals surface area contributed by atoms with Crippen LogP contribution in [-0.4, -0.2) is 23.6 Å². The van der Waals surface area contributed by atoms with Crippen LogP contribution in [-0.2, 0) is 19.6 Å². The number of H-pyrrole nitrogens is 1. The second-order valence-corrected chi connectivity index (χ2v) is 8.84. The Morgan fingerprint density at radius 2 is 2.00 bits per heavy atom. The molecule has 0 radical (unpaired) electrons. The number of nitrogens with zero attached hydrogens (tertiary/aromatic N) is 1. The van der Waals surface area contributed by atoms with Crippen molar-refractivity contribution >= 4 is 38.6 Å². The van der Waals surface area contributed by atoms with Crippen LogP contribution in [0.15, 0.2) is 59.1 Å². The van der Waals surface area contributed by atoms with Crippen LogP contribution in [0.3, 0.4) is 0 Å². The minimum atomic E-state index is -0.402. The first-order chi connectivity index (χ1) is 16.0. The van der Waals surface area contributed by atoms with Crippen LogP contribution >= 0.6 is 27.5 Å². The highest BCUT2D eigenvalue weighted by Crippen LogP contribution is 2.37. The predicted molar refractivity (Wildman–Crippen MR) is 133 cm³/mol. The molecule has 0 aliphatic rings. The number of halogens is 3. The number of aryl methyl sites for hydroxylation is 1. The summed E-state index contributed by atoms with van der Waals surface area (Å²) >= 11 is 9.65. The topological polar surface area (TPSA) is 59.2 Å².